The van der Waals surface area contributed by atoms with Gasteiger partial charge in [-0.2, -0.15) is 15.5 Å². The first-order chi connectivity index (χ1) is 22.9. The van der Waals surface area contributed by atoms with Gasteiger partial charge in [0.15, 0.2) is 5.82 Å². The van der Waals surface area contributed by atoms with Crippen LogP contribution in [0.3, 0.4) is 0 Å². The second-order valence-electron chi connectivity index (χ2n) is 12.2. The molecule has 1 aliphatic heterocycles. The number of azo groups is 1. The van der Waals surface area contributed by atoms with Gasteiger partial charge in [-0.15, -0.1) is 28.3 Å². The number of nitriles is 1. The van der Waals surface area contributed by atoms with Gasteiger partial charge in [-0.25, -0.2) is 13.1 Å². The van der Waals surface area contributed by atoms with Crippen molar-refractivity contribution >= 4 is 51.0 Å². The molecule has 5 unspecified atom stereocenters. The minimum Gasteiger partial charge on any atom is -0.748 e. The Kier molecular flexibility index (Phi) is 20.8. The van der Waals surface area contributed by atoms with E-state index in [1.807, 2.05) is 30.3 Å². The first-order valence-corrected chi connectivity index (χ1v) is 18.4. The summed E-state index contributed by atoms with van der Waals surface area (Å²) in [4.78, 5) is 25.5. The van der Waals surface area contributed by atoms with E-state index in [9.17, 15) is 32.9 Å². The van der Waals surface area contributed by atoms with Crippen LogP contribution in [0.5, 0.6) is 0 Å². The maximum Gasteiger partial charge on any atom is 1.00 e. The van der Waals surface area contributed by atoms with E-state index in [1.165, 1.54) is 6.92 Å². The Bertz CT molecular complexity index is 1590. The molecule has 1 saturated heterocycles. The number of halogens is 2. The van der Waals surface area contributed by atoms with Crippen molar-refractivity contribution in [3.05, 3.63) is 35.9 Å². The fourth-order valence-corrected chi connectivity index (χ4v) is 7.82. The summed E-state index contributed by atoms with van der Waals surface area (Å²) in [7, 11) is -4.34. The van der Waals surface area contributed by atoms with Gasteiger partial charge >= 0.3 is 103 Å². The molecule has 2 aliphatic rings. The molecule has 50 heavy (non-hydrogen) atoms. The van der Waals surface area contributed by atoms with Gasteiger partial charge in [-0.1, -0.05) is 30.3 Å². The number of carbonyl (C=O) groups excluding carboxylic acids is 2. The SMILES string of the molecule is CC(=O)NC1CC(N(CCCCS(=O)(=O)[O-])CCCC(=O)[O-])CCC1N=Nc1c(C#N)c(-c2ccccc2)nn1C1C(Cl)CNCC1Cl.[K+].[K+]. The third-order valence-corrected chi connectivity index (χ3v) is 10.3. The zero-order valence-electron chi connectivity index (χ0n) is 28.6. The quantitative estimate of drug-likeness (QED) is 0.0597. The third-order valence-electron chi connectivity index (χ3n) is 8.65. The number of rotatable bonds is 15. The number of aliphatic carboxylic acids is 1. The number of alkyl halides is 2. The minimum atomic E-state index is -4.34. The predicted octanol–water partition coefficient (Wildman–Crippen LogP) is -3.54. The van der Waals surface area contributed by atoms with Gasteiger partial charge < -0.3 is 30.0 Å². The summed E-state index contributed by atoms with van der Waals surface area (Å²) >= 11 is 13.5. The summed E-state index contributed by atoms with van der Waals surface area (Å²) in [5.74, 6) is -1.67. The number of carbonyl (C=O) groups is 2. The van der Waals surface area contributed by atoms with Crippen LogP contribution in [0.25, 0.3) is 11.3 Å². The fraction of sp³-hybridized carbons (Fsp3) is 0.613. The Balaban J connectivity index is 0.00000433. The molecule has 5 atom stereocenters. The van der Waals surface area contributed by atoms with Crippen LogP contribution in [0.1, 0.15) is 63.5 Å². The van der Waals surface area contributed by atoms with Crippen LogP contribution in [0, 0.1) is 11.3 Å². The minimum absolute atomic E-state index is 0. The van der Waals surface area contributed by atoms with Crippen LogP contribution in [0.2, 0.25) is 0 Å². The maximum absolute atomic E-state index is 12.3. The van der Waals surface area contributed by atoms with Crippen molar-refractivity contribution < 1.29 is 130 Å². The van der Waals surface area contributed by atoms with Crippen molar-refractivity contribution in [1.29, 1.82) is 5.26 Å². The average molecular weight is 802 g/mol. The predicted molar refractivity (Wildman–Crippen MR) is 177 cm³/mol. The molecule has 2 heterocycles. The molecule has 2 aromatic rings. The number of piperidine rings is 1. The number of carboxylic acid groups (broad SMARTS) is 1. The Hall–Kier alpha value is 0.143. The van der Waals surface area contributed by atoms with Crippen molar-refractivity contribution in [2.75, 3.05) is 31.9 Å². The number of hydrogen-bond acceptors (Lipinski definition) is 12. The van der Waals surface area contributed by atoms with Gasteiger partial charge in [-0.05, 0) is 58.0 Å². The molecule has 1 aliphatic carbocycles. The van der Waals surface area contributed by atoms with E-state index >= 15 is 0 Å². The van der Waals surface area contributed by atoms with E-state index in [-0.39, 0.29) is 139 Å². The number of amides is 1. The number of carboxylic acids is 1. The molecule has 1 aromatic carbocycles. The summed E-state index contributed by atoms with van der Waals surface area (Å²) in [5.41, 5.74) is 1.37. The molecule has 262 valence electrons. The second-order valence-corrected chi connectivity index (χ2v) is 14.8. The summed E-state index contributed by atoms with van der Waals surface area (Å²) in [6, 6.07) is 10.0. The molecule has 19 heteroatoms. The van der Waals surface area contributed by atoms with E-state index in [0.29, 0.717) is 64.0 Å². The van der Waals surface area contributed by atoms with Crippen LogP contribution in [-0.2, 0) is 19.7 Å². The first kappa shape index (κ1) is 46.3. The number of benzene rings is 1. The topological polar surface area (TPSA) is 208 Å². The molecular weight excluding hydrogens is 762 g/mol. The number of aromatic nitrogens is 2. The van der Waals surface area contributed by atoms with Crippen LogP contribution in [0.15, 0.2) is 40.6 Å². The molecule has 14 nitrogen and oxygen atoms in total. The van der Waals surface area contributed by atoms with Crippen molar-refractivity contribution in [3.63, 3.8) is 0 Å². The van der Waals surface area contributed by atoms with Crippen molar-refractivity contribution in [3.8, 4) is 17.3 Å². The first-order valence-electron chi connectivity index (χ1n) is 16.0. The molecule has 2 fully saturated rings. The third kappa shape index (κ3) is 13.8. The number of hydrogen-bond donors (Lipinski definition) is 2. The van der Waals surface area contributed by atoms with E-state index < -0.39 is 50.7 Å². The Labute approximate surface area is 388 Å². The van der Waals surface area contributed by atoms with E-state index in [4.69, 9.17) is 28.3 Å². The van der Waals surface area contributed by atoms with E-state index in [2.05, 4.69) is 31.8 Å². The Morgan fingerprint density at radius 1 is 1.12 bits per heavy atom. The van der Waals surface area contributed by atoms with Gasteiger partial charge in [-0.3, -0.25) is 4.79 Å². The Morgan fingerprint density at radius 3 is 2.38 bits per heavy atom. The van der Waals surface area contributed by atoms with Gasteiger partial charge in [0, 0.05) is 43.3 Å². The van der Waals surface area contributed by atoms with Gasteiger partial charge in [0.25, 0.3) is 0 Å². The standard InChI is InChI=1S/C31H42Cl2N8O6S.2K/c1-20(42)36-27-16-22(40(14-7-10-28(43)44)13-5-6-15-48(45,46)47)11-12-26(27)37-38-31-23(17-34)29(21-8-3-2-4-9-21)39-41(31)30-24(32)18-35-19-25(30)33;;/h2-4,8-9,22,24-27,30,35H,5-7,10-16,18-19H2,1H3,(H,36,42)(H,43,44)(H,45,46,47);;/q;2*+1/p-2. The summed E-state index contributed by atoms with van der Waals surface area (Å²) < 4.78 is 34.9. The molecule has 4 rings (SSSR count). The van der Waals surface area contributed by atoms with Gasteiger partial charge in [0.2, 0.25) is 5.91 Å². The zero-order valence-corrected chi connectivity index (χ0v) is 37.2. The number of nitrogens with zero attached hydrogens (tertiary/aromatic N) is 6. The molecule has 0 radical (unpaired) electrons. The van der Waals surface area contributed by atoms with Gasteiger partial charge in [0.1, 0.15) is 17.3 Å². The molecule has 2 N–H and O–H groups in total. The van der Waals surface area contributed by atoms with Crippen molar-refractivity contribution in [2.45, 2.75) is 86.8 Å². The summed E-state index contributed by atoms with van der Waals surface area (Å²) in [6.45, 7) is 3.25. The van der Waals surface area contributed by atoms with E-state index in [1.54, 1.807) is 4.68 Å². The number of nitrogens with one attached hydrogen (secondary N) is 2. The molecule has 0 spiro atoms. The monoisotopic (exact) mass is 800 g/mol. The zero-order chi connectivity index (χ0) is 34.8. The van der Waals surface area contributed by atoms with Crippen LogP contribution in [-0.4, -0.2) is 100 Å². The number of unbranched alkanes of at least 4 members (excludes halogenated alkanes) is 1. The van der Waals surface area contributed by atoms with Crippen molar-refractivity contribution in [1.82, 2.24) is 25.3 Å². The average Bonchev–Trinajstić information content (AvgIpc) is 3.39. The second kappa shape index (κ2) is 22.5. The van der Waals surface area contributed by atoms with Gasteiger partial charge in [0.05, 0.1) is 39.0 Å². The van der Waals surface area contributed by atoms with Crippen LogP contribution < -0.4 is 119 Å². The fourth-order valence-electron chi connectivity index (χ4n) is 6.41. The van der Waals surface area contributed by atoms with E-state index in [0.717, 1.165) is 5.56 Å². The largest absolute Gasteiger partial charge is 1.00 e. The van der Waals surface area contributed by atoms with Crippen LogP contribution in [0.4, 0.5) is 5.82 Å². The summed E-state index contributed by atoms with van der Waals surface area (Å²) in [6.07, 6.45) is 2.43. The normalized spacial score (nSPS) is 23.8. The summed E-state index contributed by atoms with van der Waals surface area (Å²) in [5, 5.41) is 40.8. The van der Waals surface area contributed by atoms with Crippen molar-refractivity contribution in [2.24, 2.45) is 10.2 Å². The maximum atomic E-state index is 12.3. The molecular formula is C31H40Cl2K2N8O6S. The van der Waals surface area contributed by atoms with Crippen LogP contribution >= 0.6 is 23.2 Å². The molecule has 0 bridgehead atoms. The molecule has 1 amide bonds. The smallest absolute Gasteiger partial charge is 0.748 e. The molecule has 1 saturated carbocycles. The Morgan fingerprint density at radius 2 is 1.78 bits per heavy atom. The molecule has 1 aromatic heterocycles.